The first-order valence-electron chi connectivity index (χ1n) is 6.31. The van der Waals surface area contributed by atoms with Gasteiger partial charge < -0.3 is 9.84 Å². The summed E-state index contributed by atoms with van der Waals surface area (Å²) in [5.74, 6) is -0.848. The molecule has 0 radical (unpaired) electrons. The maximum absolute atomic E-state index is 12.5. The molecule has 0 saturated carbocycles. The maximum Gasteiger partial charge on any atom is 0.268 e. The Bertz CT molecular complexity index is 584. The van der Waals surface area contributed by atoms with Crippen LogP contribution in [0.2, 0.25) is 0 Å². The van der Waals surface area contributed by atoms with Gasteiger partial charge in [-0.1, -0.05) is 18.2 Å². The number of ether oxygens (including phenoxy) is 1. The van der Waals surface area contributed by atoms with E-state index in [2.05, 4.69) is 0 Å². The summed E-state index contributed by atoms with van der Waals surface area (Å²) in [6, 6.07) is 7.63. The lowest BCUT2D eigenvalue weighted by Gasteiger charge is -2.25. The molecule has 6 nitrogen and oxygen atoms in total. The van der Waals surface area contributed by atoms with Crippen molar-refractivity contribution in [2.45, 2.75) is 43.6 Å². The standard InChI is InChI=1S/C13H17NO5S/c1-9(2)19-12-8-11(15)13(16)14(12)20(17,18)10-6-4-3-5-7-10/h3-7,9,11-12,15H,8H2,1-2H3/t11-,12-/m1/s1. The Hall–Kier alpha value is -1.44. The van der Waals surface area contributed by atoms with E-state index in [0.717, 1.165) is 0 Å². The van der Waals surface area contributed by atoms with Crippen molar-refractivity contribution in [1.29, 1.82) is 0 Å². The zero-order chi connectivity index (χ0) is 14.9. The van der Waals surface area contributed by atoms with Crippen molar-refractivity contribution >= 4 is 15.9 Å². The number of nitrogens with zero attached hydrogens (tertiary/aromatic N) is 1. The van der Waals surface area contributed by atoms with Crippen molar-refractivity contribution < 1.29 is 23.1 Å². The summed E-state index contributed by atoms with van der Waals surface area (Å²) in [6.45, 7) is 3.48. The van der Waals surface area contributed by atoms with Gasteiger partial charge in [-0.15, -0.1) is 0 Å². The number of carbonyl (C=O) groups excluding carboxylic acids is 1. The molecule has 1 saturated heterocycles. The van der Waals surface area contributed by atoms with E-state index in [-0.39, 0.29) is 17.4 Å². The van der Waals surface area contributed by atoms with E-state index in [1.807, 2.05) is 0 Å². The molecule has 110 valence electrons. The Morgan fingerprint density at radius 1 is 1.30 bits per heavy atom. The molecule has 1 fully saturated rings. The van der Waals surface area contributed by atoms with Gasteiger partial charge in [-0.2, -0.15) is 0 Å². The molecule has 2 rings (SSSR count). The lowest BCUT2D eigenvalue weighted by Crippen LogP contribution is -2.42. The van der Waals surface area contributed by atoms with Gasteiger partial charge in [0.2, 0.25) is 0 Å². The average molecular weight is 299 g/mol. The smallest absolute Gasteiger partial charge is 0.268 e. The summed E-state index contributed by atoms with van der Waals surface area (Å²) in [5, 5.41) is 9.63. The summed E-state index contributed by atoms with van der Waals surface area (Å²) < 4.78 is 31.1. The average Bonchev–Trinajstić information content (AvgIpc) is 2.65. The molecule has 1 amide bonds. The quantitative estimate of drug-likeness (QED) is 0.885. The molecular formula is C13H17NO5S. The van der Waals surface area contributed by atoms with Gasteiger partial charge in [-0.3, -0.25) is 4.79 Å². The molecular weight excluding hydrogens is 282 g/mol. The van der Waals surface area contributed by atoms with Crippen LogP contribution in [0.4, 0.5) is 0 Å². The van der Waals surface area contributed by atoms with E-state index in [1.165, 1.54) is 12.1 Å². The molecule has 7 heteroatoms. The van der Waals surface area contributed by atoms with E-state index in [4.69, 9.17) is 4.74 Å². The van der Waals surface area contributed by atoms with E-state index < -0.39 is 28.3 Å². The summed E-state index contributed by atoms with van der Waals surface area (Å²) in [6.07, 6.45) is -2.63. The van der Waals surface area contributed by atoms with Gasteiger partial charge in [0.05, 0.1) is 11.0 Å². The fourth-order valence-corrected chi connectivity index (χ4v) is 3.61. The maximum atomic E-state index is 12.5. The highest BCUT2D eigenvalue weighted by Crippen LogP contribution is 2.28. The molecule has 1 N–H and O–H groups in total. The number of aliphatic hydroxyl groups excluding tert-OH is 1. The second-order valence-electron chi connectivity index (χ2n) is 4.84. The zero-order valence-corrected chi connectivity index (χ0v) is 12.1. The molecule has 1 aliphatic heterocycles. The second kappa shape index (κ2) is 5.51. The Morgan fingerprint density at radius 3 is 2.45 bits per heavy atom. The minimum Gasteiger partial charge on any atom is -0.383 e. The lowest BCUT2D eigenvalue weighted by molar-refractivity contribution is -0.134. The molecule has 0 spiro atoms. The molecule has 0 aromatic heterocycles. The summed E-state index contributed by atoms with van der Waals surface area (Å²) in [4.78, 5) is 11.9. The van der Waals surface area contributed by atoms with Gasteiger partial charge in [-0.05, 0) is 26.0 Å². The highest BCUT2D eigenvalue weighted by molar-refractivity contribution is 7.89. The SMILES string of the molecule is CC(C)O[C@@H]1C[C@@H](O)C(=O)N1S(=O)(=O)c1ccccc1. The normalized spacial score (nSPS) is 23.6. The minimum atomic E-state index is -4.02. The summed E-state index contributed by atoms with van der Waals surface area (Å²) >= 11 is 0. The molecule has 0 aliphatic carbocycles. The number of benzene rings is 1. The first-order chi connectivity index (χ1) is 9.34. The molecule has 0 unspecified atom stereocenters. The van der Waals surface area contributed by atoms with Gasteiger partial charge in [0, 0.05) is 6.42 Å². The van der Waals surface area contributed by atoms with Gasteiger partial charge in [0.1, 0.15) is 6.10 Å². The third-order valence-corrected chi connectivity index (χ3v) is 4.72. The Labute approximate surface area is 118 Å². The first-order valence-corrected chi connectivity index (χ1v) is 7.75. The van der Waals surface area contributed by atoms with Crippen LogP contribution in [-0.4, -0.2) is 42.2 Å². The van der Waals surface area contributed by atoms with Gasteiger partial charge in [-0.25, -0.2) is 12.7 Å². The van der Waals surface area contributed by atoms with Crippen molar-refractivity contribution in [1.82, 2.24) is 4.31 Å². The number of amides is 1. The number of sulfonamides is 1. The van der Waals surface area contributed by atoms with E-state index in [9.17, 15) is 18.3 Å². The molecule has 0 bridgehead atoms. The third-order valence-electron chi connectivity index (χ3n) is 2.92. The van der Waals surface area contributed by atoms with Gasteiger partial charge in [0.15, 0.2) is 6.23 Å². The number of hydrogen-bond acceptors (Lipinski definition) is 5. The Morgan fingerprint density at radius 2 is 1.90 bits per heavy atom. The number of hydrogen-bond donors (Lipinski definition) is 1. The number of carbonyl (C=O) groups is 1. The predicted octanol–water partition coefficient (Wildman–Crippen LogP) is 0.720. The number of rotatable bonds is 4. The lowest BCUT2D eigenvalue weighted by atomic mass is 10.3. The molecule has 20 heavy (non-hydrogen) atoms. The van der Waals surface area contributed by atoms with Crippen molar-refractivity contribution in [3.8, 4) is 0 Å². The third kappa shape index (κ3) is 2.70. The van der Waals surface area contributed by atoms with Crippen LogP contribution in [0.1, 0.15) is 20.3 Å². The highest BCUT2D eigenvalue weighted by Gasteiger charge is 2.46. The molecule has 1 aliphatic rings. The summed E-state index contributed by atoms with van der Waals surface area (Å²) in [5.41, 5.74) is 0. The van der Waals surface area contributed by atoms with Gasteiger partial charge in [0.25, 0.3) is 15.9 Å². The molecule has 1 heterocycles. The Balaban J connectivity index is 2.39. The van der Waals surface area contributed by atoms with Crippen LogP contribution >= 0.6 is 0 Å². The van der Waals surface area contributed by atoms with Crippen molar-refractivity contribution in [3.63, 3.8) is 0 Å². The Kier molecular flexibility index (Phi) is 4.12. The minimum absolute atomic E-state index is 0.000180. The molecule has 1 aromatic rings. The van der Waals surface area contributed by atoms with Crippen LogP contribution in [-0.2, 0) is 19.6 Å². The molecule has 1 aromatic carbocycles. The highest BCUT2D eigenvalue weighted by atomic mass is 32.2. The van der Waals surface area contributed by atoms with Crippen LogP contribution in [0.5, 0.6) is 0 Å². The zero-order valence-electron chi connectivity index (χ0n) is 11.3. The molecule has 2 atom stereocenters. The van der Waals surface area contributed by atoms with Crippen molar-refractivity contribution in [3.05, 3.63) is 30.3 Å². The first kappa shape index (κ1) is 15.0. The van der Waals surface area contributed by atoms with Crippen LogP contribution in [0, 0.1) is 0 Å². The second-order valence-corrected chi connectivity index (χ2v) is 6.66. The van der Waals surface area contributed by atoms with E-state index in [0.29, 0.717) is 4.31 Å². The van der Waals surface area contributed by atoms with Crippen LogP contribution in [0.3, 0.4) is 0 Å². The van der Waals surface area contributed by atoms with E-state index >= 15 is 0 Å². The topological polar surface area (TPSA) is 83.9 Å². The largest absolute Gasteiger partial charge is 0.383 e. The summed E-state index contributed by atoms with van der Waals surface area (Å²) in [7, 11) is -4.02. The monoisotopic (exact) mass is 299 g/mol. The van der Waals surface area contributed by atoms with Crippen molar-refractivity contribution in [2.24, 2.45) is 0 Å². The fraction of sp³-hybridized carbons (Fsp3) is 0.462. The van der Waals surface area contributed by atoms with Crippen LogP contribution in [0.15, 0.2) is 35.2 Å². The van der Waals surface area contributed by atoms with E-state index in [1.54, 1.807) is 32.0 Å². The fourth-order valence-electron chi connectivity index (χ4n) is 2.08. The predicted molar refractivity (Wildman–Crippen MR) is 71.1 cm³/mol. The number of aliphatic hydroxyl groups is 1. The van der Waals surface area contributed by atoms with Crippen LogP contribution in [0.25, 0.3) is 0 Å². The van der Waals surface area contributed by atoms with Gasteiger partial charge >= 0.3 is 0 Å². The van der Waals surface area contributed by atoms with Crippen LogP contribution < -0.4 is 0 Å². The van der Waals surface area contributed by atoms with Crippen molar-refractivity contribution in [2.75, 3.05) is 0 Å².